The molecule has 1 saturated heterocycles. The summed E-state index contributed by atoms with van der Waals surface area (Å²) in [5, 5.41) is 0. The van der Waals surface area contributed by atoms with Gasteiger partial charge in [0.05, 0.1) is 0 Å². The van der Waals surface area contributed by atoms with E-state index in [1.54, 1.807) is 0 Å². The smallest absolute Gasteiger partial charge is 0.0234 e. The van der Waals surface area contributed by atoms with Crippen molar-refractivity contribution >= 4 is 0 Å². The minimum Gasteiger partial charge on any atom is -0.330 e. The summed E-state index contributed by atoms with van der Waals surface area (Å²) in [6.07, 6.45) is 3.62. The van der Waals surface area contributed by atoms with Crippen molar-refractivity contribution in [3.05, 3.63) is 35.4 Å². The molecule has 1 aliphatic rings. The van der Waals surface area contributed by atoms with Crippen LogP contribution in [0, 0.1) is 0 Å². The molecule has 1 aromatic rings. The Morgan fingerprint density at radius 3 is 2.53 bits per heavy atom. The lowest BCUT2D eigenvalue weighted by Gasteiger charge is -2.36. The molecular formula is C16H27N3. The molecule has 0 bridgehead atoms. The summed E-state index contributed by atoms with van der Waals surface area (Å²) in [6, 6.07) is 9.66. The fourth-order valence-corrected chi connectivity index (χ4v) is 2.83. The average Bonchev–Trinajstić information content (AvgIpc) is 2.42. The van der Waals surface area contributed by atoms with E-state index in [9.17, 15) is 0 Å². The fraction of sp³-hybridized carbons (Fsp3) is 0.625. The first-order valence-corrected chi connectivity index (χ1v) is 7.35. The number of nitrogens with two attached hydrogens (primary N) is 1. The largest absolute Gasteiger partial charge is 0.330 e. The molecule has 1 fully saturated rings. The number of benzene rings is 1. The number of hydrogen-bond donors (Lipinski definition) is 1. The Bertz CT molecular complexity index is 372. The molecule has 1 aromatic carbocycles. The highest BCUT2D eigenvalue weighted by molar-refractivity contribution is 5.22. The van der Waals surface area contributed by atoms with Gasteiger partial charge in [-0.1, -0.05) is 24.3 Å². The standard InChI is InChI=1S/C16H27N3/c1-18(2)16-4-3-11-19(13-16)12-15-7-5-14(6-8-15)9-10-17/h5-8,16H,3-4,9-13,17H2,1-2H3. The monoisotopic (exact) mass is 261 g/mol. The number of likely N-dealkylation sites (N-methyl/N-ethyl adjacent to an activating group) is 1. The summed E-state index contributed by atoms with van der Waals surface area (Å²) in [7, 11) is 4.38. The molecule has 0 radical (unpaired) electrons. The van der Waals surface area contributed by atoms with Crippen LogP contribution in [0.4, 0.5) is 0 Å². The SMILES string of the molecule is CN(C)C1CCCN(Cc2ccc(CCN)cc2)C1. The van der Waals surface area contributed by atoms with Crippen molar-refractivity contribution in [1.29, 1.82) is 0 Å². The Kier molecular flexibility index (Phi) is 5.37. The van der Waals surface area contributed by atoms with Crippen LogP contribution < -0.4 is 5.73 Å². The molecule has 3 heteroatoms. The van der Waals surface area contributed by atoms with Gasteiger partial charge >= 0.3 is 0 Å². The molecule has 1 heterocycles. The third kappa shape index (κ3) is 4.30. The second-order valence-corrected chi connectivity index (χ2v) is 5.85. The summed E-state index contributed by atoms with van der Waals surface area (Å²) < 4.78 is 0. The van der Waals surface area contributed by atoms with Crippen molar-refractivity contribution in [2.75, 3.05) is 33.7 Å². The van der Waals surface area contributed by atoms with Gasteiger partial charge in [0.15, 0.2) is 0 Å². The third-order valence-electron chi connectivity index (χ3n) is 4.07. The predicted octanol–water partition coefficient (Wildman–Crippen LogP) is 1.71. The number of hydrogen-bond acceptors (Lipinski definition) is 3. The minimum atomic E-state index is 0.713. The van der Waals surface area contributed by atoms with E-state index in [0.29, 0.717) is 6.04 Å². The van der Waals surface area contributed by atoms with Gasteiger partial charge in [0.25, 0.3) is 0 Å². The Morgan fingerprint density at radius 2 is 1.89 bits per heavy atom. The van der Waals surface area contributed by atoms with Crippen molar-refractivity contribution in [3.63, 3.8) is 0 Å². The number of rotatable bonds is 5. The van der Waals surface area contributed by atoms with E-state index in [-0.39, 0.29) is 0 Å². The molecule has 0 spiro atoms. The second-order valence-electron chi connectivity index (χ2n) is 5.85. The van der Waals surface area contributed by atoms with Crippen LogP contribution in [-0.4, -0.2) is 49.6 Å². The molecule has 106 valence electrons. The van der Waals surface area contributed by atoms with Crippen molar-refractivity contribution in [2.24, 2.45) is 5.73 Å². The van der Waals surface area contributed by atoms with E-state index >= 15 is 0 Å². The molecule has 1 unspecified atom stereocenters. The molecule has 0 aromatic heterocycles. The maximum Gasteiger partial charge on any atom is 0.0234 e. The maximum atomic E-state index is 5.58. The highest BCUT2D eigenvalue weighted by atomic mass is 15.2. The number of piperidine rings is 1. The van der Waals surface area contributed by atoms with Crippen molar-refractivity contribution < 1.29 is 0 Å². The van der Waals surface area contributed by atoms with Gasteiger partial charge in [0, 0.05) is 19.1 Å². The fourth-order valence-electron chi connectivity index (χ4n) is 2.83. The molecule has 2 rings (SSSR count). The normalized spacial score (nSPS) is 20.9. The van der Waals surface area contributed by atoms with Gasteiger partial charge in [-0.15, -0.1) is 0 Å². The molecule has 0 amide bonds. The van der Waals surface area contributed by atoms with Gasteiger partial charge < -0.3 is 10.6 Å². The van der Waals surface area contributed by atoms with E-state index in [2.05, 4.69) is 48.2 Å². The Balaban J connectivity index is 1.89. The quantitative estimate of drug-likeness (QED) is 0.876. The van der Waals surface area contributed by atoms with E-state index in [1.165, 1.54) is 37.1 Å². The molecule has 0 saturated carbocycles. The summed E-state index contributed by atoms with van der Waals surface area (Å²) in [5.74, 6) is 0. The van der Waals surface area contributed by atoms with Crippen LogP contribution >= 0.6 is 0 Å². The highest BCUT2D eigenvalue weighted by Gasteiger charge is 2.21. The first-order chi connectivity index (χ1) is 9.19. The van der Waals surface area contributed by atoms with E-state index in [4.69, 9.17) is 5.73 Å². The Hall–Kier alpha value is -0.900. The first-order valence-electron chi connectivity index (χ1n) is 7.35. The zero-order valence-corrected chi connectivity index (χ0v) is 12.3. The van der Waals surface area contributed by atoms with Crippen molar-refractivity contribution in [3.8, 4) is 0 Å². The van der Waals surface area contributed by atoms with Gasteiger partial charge in [0.1, 0.15) is 0 Å². The molecule has 0 aliphatic carbocycles. The summed E-state index contributed by atoms with van der Waals surface area (Å²) in [4.78, 5) is 4.93. The predicted molar refractivity (Wildman–Crippen MR) is 81.2 cm³/mol. The van der Waals surface area contributed by atoms with Crippen LogP contribution in [-0.2, 0) is 13.0 Å². The summed E-state index contributed by atoms with van der Waals surface area (Å²) >= 11 is 0. The molecule has 2 N–H and O–H groups in total. The molecular weight excluding hydrogens is 234 g/mol. The van der Waals surface area contributed by atoms with Crippen LogP contribution in [0.25, 0.3) is 0 Å². The number of nitrogens with zero attached hydrogens (tertiary/aromatic N) is 2. The molecule has 3 nitrogen and oxygen atoms in total. The van der Waals surface area contributed by atoms with Gasteiger partial charge in [-0.05, 0) is 57.6 Å². The van der Waals surface area contributed by atoms with Crippen LogP contribution in [0.2, 0.25) is 0 Å². The minimum absolute atomic E-state index is 0.713. The van der Waals surface area contributed by atoms with Crippen LogP contribution in [0.15, 0.2) is 24.3 Å². The van der Waals surface area contributed by atoms with Gasteiger partial charge in [-0.3, -0.25) is 4.90 Å². The summed E-state index contributed by atoms with van der Waals surface area (Å²) in [5.41, 5.74) is 8.34. The van der Waals surface area contributed by atoms with Gasteiger partial charge in [-0.25, -0.2) is 0 Å². The Morgan fingerprint density at radius 1 is 1.21 bits per heavy atom. The van der Waals surface area contributed by atoms with E-state index in [1.807, 2.05) is 0 Å². The van der Waals surface area contributed by atoms with Crippen LogP contribution in [0.3, 0.4) is 0 Å². The Labute approximate surface area is 117 Å². The lowest BCUT2D eigenvalue weighted by atomic mass is 10.0. The average molecular weight is 261 g/mol. The first kappa shape index (κ1) is 14.5. The lowest BCUT2D eigenvalue weighted by molar-refractivity contribution is 0.128. The maximum absolute atomic E-state index is 5.58. The van der Waals surface area contributed by atoms with Gasteiger partial charge in [0.2, 0.25) is 0 Å². The molecule has 1 aliphatic heterocycles. The van der Waals surface area contributed by atoms with Crippen molar-refractivity contribution in [1.82, 2.24) is 9.80 Å². The van der Waals surface area contributed by atoms with E-state index in [0.717, 1.165) is 19.5 Å². The topological polar surface area (TPSA) is 32.5 Å². The molecule has 19 heavy (non-hydrogen) atoms. The van der Waals surface area contributed by atoms with Crippen LogP contribution in [0.5, 0.6) is 0 Å². The second kappa shape index (κ2) is 7.04. The van der Waals surface area contributed by atoms with Gasteiger partial charge in [-0.2, -0.15) is 0 Å². The highest BCUT2D eigenvalue weighted by Crippen LogP contribution is 2.16. The zero-order valence-electron chi connectivity index (χ0n) is 12.3. The third-order valence-corrected chi connectivity index (χ3v) is 4.07. The number of likely N-dealkylation sites (tertiary alicyclic amines) is 1. The zero-order chi connectivity index (χ0) is 13.7. The van der Waals surface area contributed by atoms with Crippen molar-refractivity contribution in [2.45, 2.75) is 31.8 Å². The lowest BCUT2D eigenvalue weighted by Crippen LogP contribution is -2.44. The van der Waals surface area contributed by atoms with Crippen LogP contribution in [0.1, 0.15) is 24.0 Å². The van der Waals surface area contributed by atoms with E-state index < -0.39 is 0 Å². The molecule has 1 atom stereocenters. The summed E-state index contributed by atoms with van der Waals surface area (Å²) in [6.45, 7) is 4.23.